The van der Waals surface area contributed by atoms with Crippen molar-refractivity contribution in [3.63, 3.8) is 0 Å². The van der Waals surface area contributed by atoms with Crippen LogP contribution in [0.25, 0.3) is 0 Å². The molecular formula is C11H15O. The molecule has 0 saturated heterocycles. The minimum atomic E-state index is -0.579. The first-order chi connectivity index (χ1) is 5.61. The Labute approximate surface area is 74.1 Å². The molecule has 0 heterocycles. The Kier molecular flexibility index (Phi) is 2.88. The molecule has 0 N–H and O–H groups in total. The molecule has 1 aromatic rings. The van der Waals surface area contributed by atoms with Crippen molar-refractivity contribution < 1.29 is 5.11 Å². The van der Waals surface area contributed by atoms with Crippen LogP contribution in [0.5, 0.6) is 0 Å². The molecule has 1 unspecified atom stereocenters. The maximum atomic E-state index is 11.6. The van der Waals surface area contributed by atoms with Crippen molar-refractivity contribution in [2.24, 2.45) is 5.92 Å². The lowest BCUT2D eigenvalue weighted by molar-refractivity contribution is 0.0487. The third-order valence-electron chi connectivity index (χ3n) is 1.98. The summed E-state index contributed by atoms with van der Waals surface area (Å²) in [4.78, 5) is 0. The van der Waals surface area contributed by atoms with E-state index in [1.165, 1.54) is 0 Å². The first kappa shape index (κ1) is 9.27. The van der Waals surface area contributed by atoms with Gasteiger partial charge >= 0.3 is 0 Å². The van der Waals surface area contributed by atoms with E-state index < -0.39 is 6.10 Å². The molecule has 0 aromatic heterocycles. The summed E-state index contributed by atoms with van der Waals surface area (Å²) in [6.07, 6.45) is -0.579. The second kappa shape index (κ2) is 3.72. The van der Waals surface area contributed by atoms with Crippen LogP contribution in [0, 0.1) is 12.8 Å². The minimum Gasteiger partial charge on any atom is -0.228 e. The summed E-state index contributed by atoms with van der Waals surface area (Å²) in [6.45, 7) is 5.93. The monoisotopic (exact) mass is 163 g/mol. The van der Waals surface area contributed by atoms with Gasteiger partial charge in [0.2, 0.25) is 0 Å². The number of hydrogen-bond acceptors (Lipinski definition) is 0. The van der Waals surface area contributed by atoms with E-state index in [0.29, 0.717) is 0 Å². The summed E-state index contributed by atoms with van der Waals surface area (Å²) in [5.74, 6) is 0.173. The molecule has 0 aliphatic heterocycles. The number of benzene rings is 1. The Morgan fingerprint density at radius 2 is 1.92 bits per heavy atom. The van der Waals surface area contributed by atoms with Gasteiger partial charge in [-0.25, -0.2) is 5.11 Å². The number of aryl methyl sites for hydroxylation is 1. The van der Waals surface area contributed by atoms with Gasteiger partial charge in [-0.1, -0.05) is 43.7 Å². The van der Waals surface area contributed by atoms with E-state index in [4.69, 9.17) is 0 Å². The van der Waals surface area contributed by atoms with E-state index in [9.17, 15) is 5.11 Å². The molecule has 0 amide bonds. The van der Waals surface area contributed by atoms with Crippen LogP contribution >= 0.6 is 0 Å². The average molecular weight is 163 g/mol. The fourth-order valence-electron chi connectivity index (χ4n) is 1.23. The fraction of sp³-hybridized carbons (Fsp3) is 0.455. The van der Waals surface area contributed by atoms with E-state index in [1.54, 1.807) is 0 Å². The van der Waals surface area contributed by atoms with Crippen molar-refractivity contribution in [1.82, 2.24) is 0 Å². The molecule has 1 atom stereocenters. The zero-order chi connectivity index (χ0) is 9.14. The summed E-state index contributed by atoms with van der Waals surface area (Å²) in [5.41, 5.74) is 2.07. The Balaban J connectivity index is 2.88. The highest BCUT2D eigenvalue weighted by molar-refractivity contribution is 5.24. The maximum absolute atomic E-state index is 11.6. The fourth-order valence-corrected chi connectivity index (χ4v) is 1.23. The number of hydrogen-bond donors (Lipinski definition) is 0. The van der Waals surface area contributed by atoms with Gasteiger partial charge in [-0.3, -0.25) is 0 Å². The van der Waals surface area contributed by atoms with E-state index >= 15 is 0 Å². The van der Waals surface area contributed by atoms with E-state index in [-0.39, 0.29) is 5.92 Å². The molecule has 0 fully saturated rings. The molecule has 1 rings (SSSR count). The molecule has 0 bridgehead atoms. The molecule has 0 spiro atoms. The molecule has 1 heteroatoms. The van der Waals surface area contributed by atoms with Crippen LogP contribution in [0.4, 0.5) is 0 Å². The zero-order valence-electron chi connectivity index (χ0n) is 7.87. The summed E-state index contributed by atoms with van der Waals surface area (Å²) >= 11 is 0. The van der Waals surface area contributed by atoms with Gasteiger partial charge in [-0.05, 0) is 18.4 Å². The van der Waals surface area contributed by atoms with Gasteiger partial charge in [0, 0.05) is 0 Å². The summed E-state index contributed by atoms with van der Waals surface area (Å²) < 4.78 is 0. The topological polar surface area (TPSA) is 19.9 Å². The molecule has 1 aromatic carbocycles. The Bertz CT molecular complexity index is 253. The van der Waals surface area contributed by atoms with Gasteiger partial charge in [-0.2, -0.15) is 0 Å². The predicted molar refractivity (Wildman–Crippen MR) is 49.4 cm³/mol. The highest BCUT2D eigenvalue weighted by Crippen LogP contribution is 2.22. The summed E-state index contributed by atoms with van der Waals surface area (Å²) in [7, 11) is 0. The molecule has 1 radical (unpaired) electrons. The second-order valence-corrected chi connectivity index (χ2v) is 3.58. The second-order valence-electron chi connectivity index (χ2n) is 3.58. The van der Waals surface area contributed by atoms with Crippen molar-refractivity contribution in [2.45, 2.75) is 26.9 Å². The molecule has 0 saturated carbocycles. The van der Waals surface area contributed by atoms with E-state index in [2.05, 4.69) is 0 Å². The predicted octanol–water partition coefficient (Wildman–Crippen LogP) is 3.12. The van der Waals surface area contributed by atoms with Crippen LogP contribution in [0.2, 0.25) is 0 Å². The highest BCUT2D eigenvalue weighted by Gasteiger charge is 2.13. The van der Waals surface area contributed by atoms with E-state index in [0.717, 1.165) is 11.1 Å². The maximum Gasteiger partial charge on any atom is 0.120 e. The first-order valence-electron chi connectivity index (χ1n) is 4.33. The van der Waals surface area contributed by atoms with Gasteiger partial charge in [0.05, 0.1) is 0 Å². The van der Waals surface area contributed by atoms with Crippen LogP contribution < -0.4 is 0 Å². The average Bonchev–Trinajstić information content (AvgIpc) is 2.03. The van der Waals surface area contributed by atoms with Gasteiger partial charge in [0.25, 0.3) is 0 Å². The lowest BCUT2D eigenvalue weighted by Gasteiger charge is -2.12. The summed E-state index contributed by atoms with van der Waals surface area (Å²) in [6, 6.07) is 7.83. The van der Waals surface area contributed by atoms with Crippen molar-refractivity contribution in [2.75, 3.05) is 0 Å². The first-order valence-corrected chi connectivity index (χ1v) is 4.33. The normalized spacial score (nSPS) is 13.4. The van der Waals surface area contributed by atoms with Crippen molar-refractivity contribution in [3.8, 4) is 0 Å². The quantitative estimate of drug-likeness (QED) is 0.638. The van der Waals surface area contributed by atoms with Crippen LogP contribution in [0.1, 0.15) is 31.1 Å². The van der Waals surface area contributed by atoms with Crippen LogP contribution in [-0.2, 0) is 5.11 Å². The molecule has 1 nitrogen and oxygen atoms in total. The van der Waals surface area contributed by atoms with Gasteiger partial charge in [0.1, 0.15) is 6.10 Å². The Morgan fingerprint density at radius 1 is 1.25 bits per heavy atom. The smallest absolute Gasteiger partial charge is 0.120 e. The third-order valence-corrected chi connectivity index (χ3v) is 1.98. The van der Waals surface area contributed by atoms with Crippen molar-refractivity contribution >= 4 is 0 Å². The molecule has 0 aliphatic rings. The zero-order valence-corrected chi connectivity index (χ0v) is 7.87. The SMILES string of the molecule is Cc1cccc(C([O])C(C)C)c1. The molecule has 65 valence electrons. The summed E-state index contributed by atoms with van der Waals surface area (Å²) in [5, 5.41) is 11.6. The minimum absolute atomic E-state index is 0.173. The standard InChI is InChI=1S/C11H15O/c1-8(2)11(12)10-6-4-5-9(3)7-10/h4-8,11H,1-3H3. The number of rotatable bonds is 2. The van der Waals surface area contributed by atoms with Crippen LogP contribution in [-0.4, -0.2) is 0 Å². The molecular weight excluding hydrogens is 148 g/mol. The van der Waals surface area contributed by atoms with Crippen molar-refractivity contribution in [1.29, 1.82) is 0 Å². The highest BCUT2D eigenvalue weighted by atomic mass is 16.3. The Hall–Kier alpha value is -0.820. The van der Waals surface area contributed by atoms with E-state index in [1.807, 2.05) is 45.0 Å². The largest absolute Gasteiger partial charge is 0.228 e. The lowest BCUT2D eigenvalue weighted by Crippen LogP contribution is -2.03. The van der Waals surface area contributed by atoms with Gasteiger partial charge in [-0.15, -0.1) is 0 Å². The van der Waals surface area contributed by atoms with Crippen molar-refractivity contribution in [3.05, 3.63) is 35.4 Å². The molecule has 0 aliphatic carbocycles. The molecule has 12 heavy (non-hydrogen) atoms. The third kappa shape index (κ3) is 2.08. The van der Waals surface area contributed by atoms with Crippen LogP contribution in [0.3, 0.4) is 0 Å². The van der Waals surface area contributed by atoms with Crippen LogP contribution in [0.15, 0.2) is 24.3 Å². The van der Waals surface area contributed by atoms with Gasteiger partial charge in [0.15, 0.2) is 0 Å². The lowest BCUT2D eigenvalue weighted by atomic mass is 9.98. The Morgan fingerprint density at radius 3 is 2.42 bits per heavy atom. The van der Waals surface area contributed by atoms with Gasteiger partial charge < -0.3 is 0 Å².